The summed E-state index contributed by atoms with van der Waals surface area (Å²) in [6.45, 7) is 0.557. The molecular weight excluding hydrogens is 461 g/mol. The molecule has 0 radical (unpaired) electrons. The zero-order chi connectivity index (χ0) is 22.8. The molecule has 2 aromatic heterocycles. The minimum atomic E-state index is -0.377. The van der Waals surface area contributed by atoms with Gasteiger partial charge in [0.2, 0.25) is 0 Å². The molecule has 0 spiro atoms. The molecule has 33 heavy (non-hydrogen) atoms. The smallest absolute Gasteiger partial charge is 0.306 e. The molecule has 5 aromatic rings. The third-order valence-corrected chi connectivity index (χ3v) is 6.63. The van der Waals surface area contributed by atoms with Crippen molar-refractivity contribution in [3.63, 3.8) is 0 Å². The van der Waals surface area contributed by atoms with Crippen molar-refractivity contribution in [2.75, 3.05) is 5.75 Å². The molecule has 0 saturated heterocycles. The summed E-state index contributed by atoms with van der Waals surface area (Å²) in [6.07, 6.45) is 0.720. The summed E-state index contributed by atoms with van der Waals surface area (Å²) >= 11 is 7.86. The maximum absolute atomic E-state index is 14.7. The monoisotopic (exact) mass is 479 g/mol. The van der Waals surface area contributed by atoms with Crippen LogP contribution in [-0.2, 0) is 6.54 Å². The Balaban J connectivity index is 1.41. The van der Waals surface area contributed by atoms with Crippen molar-refractivity contribution in [1.29, 1.82) is 0 Å². The van der Waals surface area contributed by atoms with Crippen LogP contribution in [0.3, 0.4) is 0 Å². The first-order chi connectivity index (χ1) is 16.1. The van der Waals surface area contributed by atoms with Crippen LogP contribution < -0.4 is 5.69 Å². The number of benzene rings is 3. The van der Waals surface area contributed by atoms with Crippen molar-refractivity contribution in [3.8, 4) is 17.1 Å². The van der Waals surface area contributed by atoms with Crippen LogP contribution in [0.15, 0.2) is 82.7 Å². The Morgan fingerprint density at radius 3 is 2.58 bits per heavy atom. The molecule has 0 aliphatic carbocycles. The van der Waals surface area contributed by atoms with Gasteiger partial charge in [-0.15, -0.1) is 10.2 Å². The second-order valence-electron chi connectivity index (χ2n) is 7.37. The number of aromatic nitrogens is 5. The van der Waals surface area contributed by atoms with Crippen LogP contribution in [0.5, 0.6) is 0 Å². The molecule has 2 heterocycles. The van der Waals surface area contributed by atoms with E-state index in [-0.39, 0.29) is 11.5 Å². The predicted octanol–water partition coefficient (Wildman–Crippen LogP) is 5.55. The highest BCUT2D eigenvalue weighted by Crippen LogP contribution is 2.32. The molecule has 166 valence electrons. The molecule has 1 N–H and O–H groups in total. The number of nitrogens with one attached hydrogen (secondary N) is 1. The number of H-pyrrole nitrogens is 1. The third-order valence-electron chi connectivity index (χ3n) is 5.28. The number of hydrogen-bond acceptors (Lipinski definition) is 4. The maximum Gasteiger partial charge on any atom is 0.326 e. The number of rotatable bonds is 7. The Labute approximate surface area is 198 Å². The minimum absolute atomic E-state index is 0.128. The zero-order valence-electron chi connectivity index (χ0n) is 17.4. The quantitative estimate of drug-likeness (QED) is 0.245. The molecule has 0 aliphatic rings. The summed E-state index contributed by atoms with van der Waals surface area (Å²) < 4.78 is 18.2. The molecule has 5 rings (SSSR count). The lowest BCUT2D eigenvalue weighted by molar-refractivity contribution is 0.613. The fraction of sp³-hybridized carbons (Fsp3) is 0.125. The lowest BCUT2D eigenvalue weighted by atomic mass is 10.2. The van der Waals surface area contributed by atoms with Crippen molar-refractivity contribution in [2.24, 2.45) is 0 Å². The van der Waals surface area contributed by atoms with Crippen LogP contribution >= 0.6 is 23.4 Å². The molecular formula is C24H19ClFN5OS. The third kappa shape index (κ3) is 4.19. The van der Waals surface area contributed by atoms with Gasteiger partial charge in [-0.2, -0.15) is 0 Å². The van der Waals surface area contributed by atoms with Gasteiger partial charge in [0.1, 0.15) is 5.82 Å². The second-order valence-corrected chi connectivity index (χ2v) is 8.84. The largest absolute Gasteiger partial charge is 0.326 e. The van der Waals surface area contributed by atoms with E-state index in [1.165, 1.54) is 17.8 Å². The fourth-order valence-electron chi connectivity index (χ4n) is 3.75. The highest BCUT2D eigenvalue weighted by Gasteiger charge is 2.20. The van der Waals surface area contributed by atoms with Crippen molar-refractivity contribution in [1.82, 2.24) is 24.3 Å². The van der Waals surface area contributed by atoms with Gasteiger partial charge in [0.15, 0.2) is 11.0 Å². The first-order valence-electron chi connectivity index (χ1n) is 10.4. The van der Waals surface area contributed by atoms with Crippen molar-refractivity contribution in [3.05, 3.63) is 94.1 Å². The van der Waals surface area contributed by atoms with E-state index in [1.54, 1.807) is 33.4 Å². The Morgan fingerprint density at radius 2 is 1.73 bits per heavy atom. The summed E-state index contributed by atoms with van der Waals surface area (Å²) in [7, 11) is 0. The first-order valence-corrected chi connectivity index (χ1v) is 11.8. The number of hydrogen-bond donors (Lipinski definition) is 1. The van der Waals surface area contributed by atoms with Crippen molar-refractivity contribution in [2.45, 2.75) is 18.1 Å². The Morgan fingerprint density at radius 1 is 0.970 bits per heavy atom. The van der Waals surface area contributed by atoms with E-state index in [2.05, 4.69) is 15.2 Å². The van der Waals surface area contributed by atoms with Gasteiger partial charge in [0, 0.05) is 17.9 Å². The van der Waals surface area contributed by atoms with Gasteiger partial charge in [-0.05, 0) is 42.8 Å². The summed E-state index contributed by atoms with van der Waals surface area (Å²) in [5, 5.41) is 9.73. The highest BCUT2D eigenvalue weighted by molar-refractivity contribution is 7.99. The van der Waals surface area contributed by atoms with Gasteiger partial charge < -0.3 is 4.98 Å². The number of aryl methyl sites for hydroxylation is 1. The first kappa shape index (κ1) is 21.5. The maximum atomic E-state index is 14.7. The summed E-state index contributed by atoms with van der Waals surface area (Å²) in [5.41, 5.74) is 2.60. The number of imidazole rings is 1. The molecule has 0 unspecified atom stereocenters. The second kappa shape index (κ2) is 9.25. The Bertz CT molecular complexity index is 1490. The SMILES string of the molecule is O=c1[nH]c2ccccc2n1CCCSc1nnc(-c2ccccc2Cl)n1-c1ccccc1F. The van der Waals surface area contributed by atoms with Gasteiger partial charge in [-0.1, -0.05) is 59.8 Å². The summed E-state index contributed by atoms with van der Waals surface area (Å²) in [4.78, 5) is 15.2. The van der Waals surface area contributed by atoms with E-state index in [0.717, 1.165) is 17.5 Å². The number of nitrogens with zero attached hydrogens (tertiary/aromatic N) is 4. The van der Waals surface area contributed by atoms with E-state index in [9.17, 15) is 9.18 Å². The number of fused-ring (bicyclic) bond motifs is 1. The average Bonchev–Trinajstić information content (AvgIpc) is 3.37. The Hall–Kier alpha value is -3.36. The molecule has 0 aliphatic heterocycles. The molecule has 0 fully saturated rings. The summed E-state index contributed by atoms with van der Waals surface area (Å²) in [5.74, 6) is 0.764. The normalized spacial score (nSPS) is 11.3. The van der Waals surface area contributed by atoms with Gasteiger partial charge in [-0.3, -0.25) is 9.13 Å². The van der Waals surface area contributed by atoms with Gasteiger partial charge in [0.05, 0.1) is 21.7 Å². The number of para-hydroxylation sites is 3. The molecule has 0 amide bonds. The number of aromatic amines is 1. The fourth-order valence-corrected chi connectivity index (χ4v) is 4.83. The van der Waals surface area contributed by atoms with Gasteiger partial charge >= 0.3 is 5.69 Å². The standard InChI is InChI=1S/C24H19ClFN5OS/c25-17-9-2-1-8-16(17)22-28-29-24(31(22)20-12-5-3-10-18(20)26)33-15-7-14-30-21-13-6-4-11-19(21)27-23(30)32/h1-6,8-13H,7,14-15H2,(H,27,32). The molecule has 6 nitrogen and oxygen atoms in total. The molecule has 3 aromatic carbocycles. The average molecular weight is 480 g/mol. The van der Waals surface area contributed by atoms with Crippen LogP contribution in [-0.4, -0.2) is 30.1 Å². The van der Waals surface area contributed by atoms with E-state index >= 15 is 0 Å². The minimum Gasteiger partial charge on any atom is -0.306 e. The number of thioether (sulfide) groups is 1. The van der Waals surface area contributed by atoms with Gasteiger partial charge in [-0.25, -0.2) is 9.18 Å². The van der Waals surface area contributed by atoms with Gasteiger partial charge in [0.25, 0.3) is 0 Å². The van der Waals surface area contributed by atoms with Crippen LogP contribution in [0.25, 0.3) is 28.1 Å². The topological polar surface area (TPSA) is 68.5 Å². The van der Waals surface area contributed by atoms with E-state index in [0.29, 0.717) is 39.6 Å². The molecule has 9 heteroatoms. The predicted molar refractivity (Wildman–Crippen MR) is 130 cm³/mol. The van der Waals surface area contributed by atoms with E-state index in [1.807, 2.05) is 42.5 Å². The molecule has 0 atom stereocenters. The number of halogens is 2. The summed E-state index contributed by atoms with van der Waals surface area (Å²) in [6, 6.07) is 21.4. The van der Waals surface area contributed by atoms with E-state index < -0.39 is 0 Å². The lowest BCUT2D eigenvalue weighted by Gasteiger charge is -2.12. The molecule has 0 bridgehead atoms. The van der Waals surface area contributed by atoms with Crippen LogP contribution in [0.2, 0.25) is 5.02 Å². The van der Waals surface area contributed by atoms with E-state index in [4.69, 9.17) is 11.6 Å². The highest BCUT2D eigenvalue weighted by atomic mass is 35.5. The van der Waals surface area contributed by atoms with Crippen LogP contribution in [0, 0.1) is 5.82 Å². The van der Waals surface area contributed by atoms with Crippen LogP contribution in [0.4, 0.5) is 4.39 Å². The molecule has 0 saturated carbocycles. The zero-order valence-corrected chi connectivity index (χ0v) is 19.0. The van der Waals surface area contributed by atoms with Crippen molar-refractivity contribution < 1.29 is 4.39 Å². The van der Waals surface area contributed by atoms with Crippen LogP contribution in [0.1, 0.15) is 6.42 Å². The Kier molecular flexibility index (Phi) is 6.02. The lowest BCUT2D eigenvalue weighted by Crippen LogP contribution is -2.17. The van der Waals surface area contributed by atoms with Crippen molar-refractivity contribution >= 4 is 34.4 Å².